The van der Waals surface area contributed by atoms with Crippen LogP contribution in [0.1, 0.15) is 78.1 Å². The van der Waals surface area contributed by atoms with E-state index in [2.05, 4.69) is 19.2 Å². The molecule has 2 heteroatoms. The van der Waals surface area contributed by atoms with Crippen molar-refractivity contribution < 1.29 is 4.74 Å². The highest BCUT2D eigenvalue weighted by Crippen LogP contribution is 2.29. The van der Waals surface area contributed by atoms with E-state index < -0.39 is 0 Å². The summed E-state index contributed by atoms with van der Waals surface area (Å²) in [6.07, 6.45) is 14.2. The van der Waals surface area contributed by atoms with E-state index in [9.17, 15) is 0 Å². The van der Waals surface area contributed by atoms with Gasteiger partial charge in [-0.3, -0.25) is 0 Å². The first kappa shape index (κ1) is 16.3. The number of ether oxygens (including phenoxy) is 1. The third-order valence-corrected chi connectivity index (χ3v) is 5.35. The molecular formula is C18H35NO. The summed E-state index contributed by atoms with van der Waals surface area (Å²) in [6.45, 7) is 6.73. The van der Waals surface area contributed by atoms with Gasteiger partial charge >= 0.3 is 0 Å². The molecule has 118 valence electrons. The zero-order valence-electron chi connectivity index (χ0n) is 13.7. The SMILES string of the molecule is CCCNC(COC1CCC(C)CC1)C1CCCCC1. The predicted molar refractivity (Wildman–Crippen MR) is 86.0 cm³/mol. The van der Waals surface area contributed by atoms with Gasteiger partial charge in [0.25, 0.3) is 0 Å². The molecular weight excluding hydrogens is 246 g/mol. The summed E-state index contributed by atoms with van der Waals surface area (Å²) in [4.78, 5) is 0. The van der Waals surface area contributed by atoms with Crippen molar-refractivity contribution in [1.82, 2.24) is 5.32 Å². The van der Waals surface area contributed by atoms with E-state index in [1.54, 1.807) is 0 Å². The molecule has 2 fully saturated rings. The molecule has 0 radical (unpaired) electrons. The molecule has 0 aromatic rings. The molecule has 20 heavy (non-hydrogen) atoms. The lowest BCUT2D eigenvalue weighted by Gasteiger charge is -2.33. The first-order valence-corrected chi connectivity index (χ1v) is 9.14. The van der Waals surface area contributed by atoms with Crippen LogP contribution in [-0.4, -0.2) is 25.3 Å². The second-order valence-electron chi connectivity index (χ2n) is 7.17. The van der Waals surface area contributed by atoms with Crippen molar-refractivity contribution >= 4 is 0 Å². The molecule has 2 aliphatic carbocycles. The fourth-order valence-corrected chi connectivity index (χ4v) is 3.86. The van der Waals surface area contributed by atoms with Gasteiger partial charge in [-0.1, -0.05) is 33.1 Å². The first-order valence-electron chi connectivity index (χ1n) is 9.14. The van der Waals surface area contributed by atoms with Crippen LogP contribution in [0.4, 0.5) is 0 Å². The third kappa shape index (κ3) is 5.37. The molecule has 2 saturated carbocycles. The van der Waals surface area contributed by atoms with Crippen molar-refractivity contribution in [3.05, 3.63) is 0 Å². The molecule has 2 rings (SSSR count). The maximum Gasteiger partial charge on any atom is 0.0626 e. The Morgan fingerprint density at radius 1 is 1.00 bits per heavy atom. The van der Waals surface area contributed by atoms with Gasteiger partial charge in [0.05, 0.1) is 12.7 Å². The average molecular weight is 281 g/mol. The molecule has 0 aromatic heterocycles. The van der Waals surface area contributed by atoms with Crippen molar-refractivity contribution in [2.45, 2.75) is 90.2 Å². The lowest BCUT2D eigenvalue weighted by Crippen LogP contribution is -2.42. The molecule has 2 nitrogen and oxygen atoms in total. The molecule has 0 spiro atoms. The van der Waals surface area contributed by atoms with Gasteiger partial charge in [-0.2, -0.15) is 0 Å². The van der Waals surface area contributed by atoms with Crippen molar-refractivity contribution in [3.8, 4) is 0 Å². The molecule has 0 amide bonds. The maximum absolute atomic E-state index is 6.28. The monoisotopic (exact) mass is 281 g/mol. The van der Waals surface area contributed by atoms with Crippen LogP contribution in [0.5, 0.6) is 0 Å². The fraction of sp³-hybridized carbons (Fsp3) is 1.00. The smallest absolute Gasteiger partial charge is 0.0626 e. The minimum atomic E-state index is 0.542. The lowest BCUT2D eigenvalue weighted by molar-refractivity contribution is -0.00286. The molecule has 2 aliphatic rings. The number of rotatable bonds is 7. The molecule has 0 bridgehead atoms. The van der Waals surface area contributed by atoms with E-state index in [0.29, 0.717) is 12.1 Å². The van der Waals surface area contributed by atoms with E-state index in [4.69, 9.17) is 4.74 Å². The number of nitrogens with one attached hydrogen (secondary N) is 1. The highest BCUT2D eigenvalue weighted by molar-refractivity contribution is 4.80. The Bertz CT molecular complexity index is 242. The minimum Gasteiger partial charge on any atom is -0.377 e. The fourth-order valence-electron chi connectivity index (χ4n) is 3.86. The van der Waals surface area contributed by atoms with Crippen molar-refractivity contribution in [2.75, 3.05) is 13.2 Å². The van der Waals surface area contributed by atoms with Crippen molar-refractivity contribution in [3.63, 3.8) is 0 Å². The van der Waals surface area contributed by atoms with Crippen LogP contribution in [-0.2, 0) is 4.74 Å². The van der Waals surface area contributed by atoms with Gasteiger partial charge in [0, 0.05) is 6.04 Å². The van der Waals surface area contributed by atoms with Crippen LogP contribution < -0.4 is 5.32 Å². The summed E-state index contributed by atoms with van der Waals surface area (Å²) in [5.41, 5.74) is 0. The maximum atomic E-state index is 6.28. The van der Waals surface area contributed by atoms with E-state index in [1.807, 2.05) is 0 Å². The Balaban J connectivity index is 1.74. The third-order valence-electron chi connectivity index (χ3n) is 5.35. The molecule has 0 saturated heterocycles. The van der Waals surface area contributed by atoms with Gasteiger partial charge in [0.15, 0.2) is 0 Å². The summed E-state index contributed by atoms with van der Waals surface area (Å²) < 4.78 is 6.28. The molecule has 0 aromatic carbocycles. The largest absolute Gasteiger partial charge is 0.377 e. The normalized spacial score (nSPS) is 30.3. The highest BCUT2D eigenvalue weighted by Gasteiger charge is 2.25. The summed E-state index contributed by atoms with van der Waals surface area (Å²) in [5, 5.41) is 3.76. The zero-order chi connectivity index (χ0) is 14.2. The minimum absolute atomic E-state index is 0.542. The van der Waals surface area contributed by atoms with E-state index in [1.165, 1.54) is 64.2 Å². The lowest BCUT2D eigenvalue weighted by atomic mass is 9.84. The first-order chi connectivity index (χ1) is 9.79. The van der Waals surface area contributed by atoms with Gasteiger partial charge in [-0.05, 0) is 63.3 Å². The van der Waals surface area contributed by atoms with Gasteiger partial charge in [-0.15, -0.1) is 0 Å². The van der Waals surface area contributed by atoms with E-state index in [0.717, 1.165) is 25.0 Å². The Kier molecular flexibility index (Phi) is 7.37. The van der Waals surface area contributed by atoms with Crippen LogP contribution in [0.3, 0.4) is 0 Å². The standard InChI is InChI=1S/C18H35NO/c1-3-13-19-18(16-7-5-4-6-8-16)14-20-17-11-9-15(2)10-12-17/h15-19H,3-14H2,1-2H3. The second-order valence-corrected chi connectivity index (χ2v) is 7.17. The van der Waals surface area contributed by atoms with Crippen LogP contribution >= 0.6 is 0 Å². The second kappa shape index (κ2) is 9.04. The molecule has 0 heterocycles. The number of hydrogen-bond donors (Lipinski definition) is 1. The Hall–Kier alpha value is -0.0800. The average Bonchev–Trinajstić information content (AvgIpc) is 2.50. The molecule has 0 aliphatic heterocycles. The number of hydrogen-bond acceptors (Lipinski definition) is 2. The predicted octanol–water partition coefficient (Wildman–Crippen LogP) is 4.53. The topological polar surface area (TPSA) is 21.3 Å². The molecule has 1 atom stereocenters. The summed E-state index contributed by atoms with van der Waals surface area (Å²) in [7, 11) is 0. The van der Waals surface area contributed by atoms with Crippen LogP contribution in [0.15, 0.2) is 0 Å². The summed E-state index contributed by atoms with van der Waals surface area (Å²) in [5.74, 6) is 1.78. The highest BCUT2D eigenvalue weighted by atomic mass is 16.5. The van der Waals surface area contributed by atoms with Gasteiger partial charge in [-0.25, -0.2) is 0 Å². The van der Waals surface area contributed by atoms with E-state index in [-0.39, 0.29) is 0 Å². The van der Waals surface area contributed by atoms with Crippen LogP contribution in [0.25, 0.3) is 0 Å². The van der Waals surface area contributed by atoms with Crippen molar-refractivity contribution in [1.29, 1.82) is 0 Å². The molecule has 1 unspecified atom stereocenters. The van der Waals surface area contributed by atoms with Crippen LogP contribution in [0, 0.1) is 11.8 Å². The Morgan fingerprint density at radius 2 is 1.70 bits per heavy atom. The van der Waals surface area contributed by atoms with Crippen LogP contribution in [0.2, 0.25) is 0 Å². The van der Waals surface area contributed by atoms with Gasteiger partial charge < -0.3 is 10.1 Å². The quantitative estimate of drug-likeness (QED) is 0.740. The van der Waals surface area contributed by atoms with Crippen molar-refractivity contribution in [2.24, 2.45) is 11.8 Å². The zero-order valence-corrected chi connectivity index (χ0v) is 13.7. The Morgan fingerprint density at radius 3 is 2.35 bits per heavy atom. The summed E-state index contributed by atoms with van der Waals surface area (Å²) in [6, 6.07) is 0.606. The van der Waals surface area contributed by atoms with Gasteiger partial charge in [0.1, 0.15) is 0 Å². The Labute approximate surface area is 126 Å². The summed E-state index contributed by atoms with van der Waals surface area (Å²) >= 11 is 0. The van der Waals surface area contributed by atoms with E-state index >= 15 is 0 Å². The molecule has 1 N–H and O–H groups in total. The van der Waals surface area contributed by atoms with Gasteiger partial charge in [0.2, 0.25) is 0 Å².